The average Bonchev–Trinajstić information content (AvgIpc) is 2.87. The summed E-state index contributed by atoms with van der Waals surface area (Å²) in [4.78, 5) is 14.0. The smallest absolute Gasteiger partial charge is 0.244 e. The van der Waals surface area contributed by atoms with Crippen LogP contribution in [-0.2, 0) is 21.2 Å². The van der Waals surface area contributed by atoms with Crippen molar-refractivity contribution < 1.29 is 17.9 Å². The number of nitrogens with zero attached hydrogens (tertiary/aromatic N) is 1. The molecule has 1 aromatic rings. The van der Waals surface area contributed by atoms with Crippen LogP contribution in [0.25, 0.3) is 0 Å². The van der Waals surface area contributed by atoms with E-state index in [9.17, 15) is 13.2 Å². The van der Waals surface area contributed by atoms with Gasteiger partial charge in [-0.25, -0.2) is 13.1 Å². The number of benzene rings is 1. The molecule has 1 fully saturated rings. The zero-order valence-electron chi connectivity index (χ0n) is 14.2. The van der Waals surface area contributed by atoms with E-state index in [1.807, 2.05) is 19.9 Å². The number of rotatable bonds is 4. The van der Waals surface area contributed by atoms with Crippen molar-refractivity contribution in [1.29, 1.82) is 0 Å². The molecule has 0 saturated carbocycles. The van der Waals surface area contributed by atoms with Crippen LogP contribution in [0.4, 0.5) is 0 Å². The summed E-state index contributed by atoms with van der Waals surface area (Å²) in [5, 5.41) is 0. The molecule has 1 N–H and O–H groups in total. The van der Waals surface area contributed by atoms with Crippen LogP contribution in [0.3, 0.4) is 0 Å². The summed E-state index contributed by atoms with van der Waals surface area (Å²) < 4.78 is 33.5. The lowest BCUT2D eigenvalue weighted by Crippen LogP contribution is -2.42. The highest BCUT2D eigenvalue weighted by Crippen LogP contribution is 2.39. The number of carbonyl (C=O) groups is 1. The van der Waals surface area contributed by atoms with Crippen LogP contribution in [0.5, 0.6) is 5.75 Å². The lowest BCUT2D eigenvalue weighted by Gasteiger charge is -2.26. The van der Waals surface area contributed by atoms with Crippen LogP contribution in [0, 0.1) is 0 Å². The summed E-state index contributed by atoms with van der Waals surface area (Å²) >= 11 is 0. The van der Waals surface area contributed by atoms with Gasteiger partial charge in [-0.3, -0.25) is 4.79 Å². The Morgan fingerprint density at radius 3 is 2.67 bits per heavy atom. The third kappa shape index (κ3) is 3.57. The van der Waals surface area contributed by atoms with Gasteiger partial charge in [0.1, 0.15) is 16.2 Å². The number of sulfonamides is 1. The second kappa shape index (κ2) is 6.37. The molecular formula is C17H24N2O4S. The molecule has 24 heavy (non-hydrogen) atoms. The van der Waals surface area contributed by atoms with E-state index in [4.69, 9.17) is 4.74 Å². The Labute approximate surface area is 143 Å². The molecule has 1 amide bonds. The maximum Gasteiger partial charge on any atom is 0.244 e. The van der Waals surface area contributed by atoms with Crippen LogP contribution in [0.2, 0.25) is 0 Å². The summed E-state index contributed by atoms with van der Waals surface area (Å²) in [5.41, 5.74) is 0.461. The second-order valence-electron chi connectivity index (χ2n) is 7.05. The molecule has 132 valence electrons. The average molecular weight is 352 g/mol. The Morgan fingerprint density at radius 1 is 1.25 bits per heavy atom. The molecule has 1 aromatic carbocycles. The first kappa shape index (κ1) is 17.2. The van der Waals surface area contributed by atoms with Crippen molar-refractivity contribution in [3.63, 3.8) is 0 Å². The minimum atomic E-state index is -3.79. The SMILES string of the molecule is CC1(C)Cc2cccc(S(=O)(=O)NCC(=O)N3CCCCC3)c2O1. The monoisotopic (exact) mass is 352 g/mol. The molecule has 7 heteroatoms. The van der Waals surface area contributed by atoms with Gasteiger partial charge in [0.2, 0.25) is 15.9 Å². The Hall–Kier alpha value is -1.60. The normalized spacial score (nSPS) is 19.7. The van der Waals surface area contributed by atoms with E-state index in [2.05, 4.69) is 4.72 Å². The van der Waals surface area contributed by atoms with Gasteiger partial charge >= 0.3 is 0 Å². The molecule has 0 aromatic heterocycles. The first-order valence-electron chi connectivity index (χ1n) is 8.37. The number of amides is 1. The van der Waals surface area contributed by atoms with E-state index in [-0.39, 0.29) is 17.3 Å². The Kier molecular flexibility index (Phi) is 4.57. The van der Waals surface area contributed by atoms with Gasteiger partial charge < -0.3 is 9.64 Å². The summed E-state index contributed by atoms with van der Waals surface area (Å²) in [5.74, 6) is 0.229. The fraction of sp³-hybridized carbons (Fsp3) is 0.588. The van der Waals surface area contributed by atoms with Crippen LogP contribution in [-0.4, -0.2) is 44.5 Å². The number of hydrogen-bond acceptors (Lipinski definition) is 4. The lowest BCUT2D eigenvalue weighted by molar-refractivity contribution is -0.130. The highest BCUT2D eigenvalue weighted by Gasteiger charge is 2.35. The first-order chi connectivity index (χ1) is 11.3. The number of nitrogens with one attached hydrogen (secondary N) is 1. The third-order valence-electron chi connectivity index (χ3n) is 4.47. The molecule has 0 radical (unpaired) electrons. The van der Waals surface area contributed by atoms with E-state index < -0.39 is 15.6 Å². The zero-order chi connectivity index (χ0) is 17.4. The molecule has 6 nitrogen and oxygen atoms in total. The molecule has 0 bridgehead atoms. The molecule has 0 atom stereocenters. The van der Waals surface area contributed by atoms with Crippen molar-refractivity contribution in [2.75, 3.05) is 19.6 Å². The van der Waals surface area contributed by atoms with Gasteiger partial charge in [0.25, 0.3) is 0 Å². The van der Waals surface area contributed by atoms with Crippen molar-refractivity contribution in [3.8, 4) is 5.75 Å². The summed E-state index contributed by atoms with van der Waals surface area (Å²) in [6, 6.07) is 5.11. The van der Waals surface area contributed by atoms with Gasteiger partial charge in [-0.1, -0.05) is 12.1 Å². The maximum absolute atomic E-state index is 12.6. The second-order valence-corrected chi connectivity index (χ2v) is 8.78. The molecule has 3 rings (SSSR count). The van der Waals surface area contributed by atoms with Crippen LogP contribution in [0.15, 0.2) is 23.1 Å². The van der Waals surface area contributed by atoms with Gasteiger partial charge in [0.15, 0.2) is 0 Å². The Bertz CT molecular complexity index is 737. The fourth-order valence-electron chi connectivity index (χ4n) is 3.29. The molecule has 0 unspecified atom stereocenters. The fourth-order valence-corrected chi connectivity index (χ4v) is 4.43. The topological polar surface area (TPSA) is 75.7 Å². The molecule has 0 spiro atoms. The molecular weight excluding hydrogens is 328 g/mol. The van der Waals surface area contributed by atoms with E-state index in [0.717, 1.165) is 24.8 Å². The van der Waals surface area contributed by atoms with Crippen LogP contribution < -0.4 is 9.46 Å². The summed E-state index contributed by atoms with van der Waals surface area (Å²) in [6.07, 6.45) is 3.75. The van der Waals surface area contributed by atoms with Crippen molar-refractivity contribution in [1.82, 2.24) is 9.62 Å². The van der Waals surface area contributed by atoms with Gasteiger partial charge in [-0.2, -0.15) is 0 Å². The van der Waals surface area contributed by atoms with E-state index >= 15 is 0 Å². The van der Waals surface area contributed by atoms with Gasteiger partial charge in [0.05, 0.1) is 6.54 Å². The molecule has 2 heterocycles. The van der Waals surface area contributed by atoms with Gasteiger partial charge in [-0.15, -0.1) is 0 Å². The van der Waals surface area contributed by atoms with Crippen LogP contribution in [0.1, 0.15) is 38.7 Å². The molecule has 2 aliphatic rings. The van der Waals surface area contributed by atoms with Crippen molar-refractivity contribution >= 4 is 15.9 Å². The molecule has 1 saturated heterocycles. The number of para-hydroxylation sites is 1. The minimum absolute atomic E-state index is 0.108. The Morgan fingerprint density at radius 2 is 1.96 bits per heavy atom. The van der Waals surface area contributed by atoms with Crippen molar-refractivity contribution in [3.05, 3.63) is 23.8 Å². The largest absolute Gasteiger partial charge is 0.486 e. The maximum atomic E-state index is 12.6. The molecule has 2 aliphatic heterocycles. The minimum Gasteiger partial charge on any atom is -0.486 e. The number of piperidine rings is 1. The van der Waals surface area contributed by atoms with E-state index in [0.29, 0.717) is 25.3 Å². The summed E-state index contributed by atoms with van der Waals surface area (Å²) in [6.45, 7) is 5.06. The number of carbonyl (C=O) groups excluding carboxylic acids is 1. The first-order valence-corrected chi connectivity index (χ1v) is 9.85. The highest BCUT2D eigenvalue weighted by atomic mass is 32.2. The third-order valence-corrected chi connectivity index (χ3v) is 5.89. The van der Waals surface area contributed by atoms with Gasteiger partial charge in [0, 0.05) is 19.5 Å². The van der Waals surface area contributed by atoms with Crippen molar-refractivity contribution in [2.24, 2.45) is 0 Å². The zero-order valence-corrected chi connectivity index (χ0v) is 15.0. The number of fused-ring (bicyclic) bond motifs is 1. The number of likely N-dealkylation sites (tertiary alicyclic amines) is 1. The van der Waals surface area contributed by atoms with E-state index in [1.54, 1.807) is 11.0 Å². The Balaban J connectivity index is 1.73. The lowest BCUT2D eigenvalue weighted by atomic mass is 10.0. The summed E-state index contributed by atoms with van der Waals surface area (Å²) in [7, 11) is -3.79. The van der Waals surface area contributed by atoms with Gasteiger partial charge in [-0.05, 0) is 44.7 Å². The van der Waals surface area contributed by atoms with E-state index in [1.165, 1.54) is 6.07 Å². The highest BCUT2D eigenvalue weighted by molar-refractivity contribution is 7.89. The number of hydrogen-bond donors (Lipinski definition) is 1. The predicted octanol–water partition coefficient (Wildman–Crippen LogP) is 1.69. The van der Waals surface area contributed by atoms with Crippen molar-refractivity contribution in [2.45, 2.75) is 50.0 Å². The number of ether oxygens (including phenoxy) is 1. The van der Waals surface area contributed by atoms with Crippen LogP contribution >= 0.6 is 0 Å². The quantitative estimate of drug-likeness (QED) is 0.895. The molecule has 0 aliphatic carbocycles. The standard InChI is InChI=1S/C17H24N2O4S/c1-17(2)11-13-7-6-8-14(16(13)23-17)24(21,22)18-12-15(20)19-9-4-3-5-10-19/h6-8,18H,3-5,9-12H2,1-2H3. The predicted molar refractivity (Wildman–Crippen MR) is 90.5 cm³/mol.